The largest absolute Gasteiger partial charge is 0.495 e. The van der Waals surface area contributed by atoms with Crippen LogP contribution in [0.2, 0.25) is 0 Å². The molecule has 0 saturated heterocycles. The van der Waals surface area contributed by atoms with Gasteiger partial charge in [0.1, 0.15) is 11.4 Å². The van der Waals surface area contributed by atoms with Crippen molar-refractivity contribution < 1.29 is 13.5 Å². The van der Waals surface area contributed by atoms with Crippen LogP contribution in [-0.2, 0) is 6.54 Å². The van der Waals surface area contributed by atoms with E-state index in [2.05, 4.69) is 4.98 Å². The molecule has 0 saturated carbocycles. The molecule has 0 unspecified atom stereocenters. The van der Waals surface area contributed by atoms with E-state index >= 15 is 0 Å². The third-order valence-electron chi connectivity index (χ3n) is 1.85. The highest BCUT2D eigenvalue weighted by Crippen LogP contribution is 2.30. The summed E-state index contributed by atoms with van der Waals surface area (Å²) in [5, 5.41) is 0. The van der Waals surface area contributed by atoms with Crippen LogP contribution in [0.5, 0.6) is 5.75 Å². The normalized spacial score (nSPS) is 10.6. The van der Waals surface area contributed by atoms with Crippen molar-refractivity contribution in [3.05, 3.63) is 17.5 Å². The second-order valence-corrected chi connectivity index (χ2v) is 2.61. The summed E-state index contributed by atoms with van der Waals surface area (Å²) in [5.74, 6) is 0.328. The maximum atomic E-state index is 12.4. The average Bonchev–Trinajstić information content (AvgIpc) is 2.16. The molecule has 0 aliphatic carbocycles. The summed E-state index contributed by atoms with van der Waals surface area (Å²) in [4.78, 5) is 3.50. The summed E-state index contributed by atoms with van der Waals surface area (Å²) >= 11 is 0. The first-order valence-electron chi connectivity index (χ1n) is 3.91. The summed E-state index contributed by atoms with van der Waals surface area (Å²) < 4.78 is 29.6. The van der Waals surface area contributed by atoms with Crippen LogP contribution in [0.25, 0.3) is 0 Å². The number of hydrogen-bond donors (Lipinski definition) is 2. The molecule has 0 aromatic carbocycles. The van der Waals surface area contributed by atoms with E-state index in [1.165, 1.54) is 13.3 Å². The molecule has 1 rings (SSSR count). The summed E-state index contributed by atoms with van der Waals surface area (Å²) in [6, 6.07) is 0. The Hall–Kier alpha value is -1.43. The number of methoxy groups -OCH3 is 1. The van der Waals surface area contributed by atoms with Crippen LogP contribution >= 0.6 is 0 Å². The molecule has 0 aliphatic heterocycles. The van der Waals surface area contributed by atoms with Crippen molar-refractivity contribution in [3.8, 4) is 5.75 Å². The van der Waals surface area contributed by atoms with Crippen molar-refractivity contribution in [2.45, 2.75) is 13.0 Å². The Balaban J connectivity index is 3.27. The number of rotatable bonds is 3. The molecule has 1 heterocycles. The van der Waals surface area contributed by atoms with Gasteiger partial charge in [-0.3, -0.25) is 0 Å². The first kappa shape index (κ1) is 10.6. The van der Waals surface area contributed by atoms with Gasteiger partial charge in [-0.05, 0) is 0 Å². The van der Waals surface area contributed by atoms with Crippen LogP contribution in [0.1, 0.15) is 17.7 Å². The molecule has 0 spiro atoms. The third kappa shape index (κ3) is 1.74. The molecule has 78 valence electrons. The van der Waals surface area contributed by atoms with Crippen LogP contribution in [0.4, 0.5) is 14.5 Å². The molecule has 0 bridgehead atoms. The van der Waals surface area contributed by atoms with E-state index < -0.39 is 12.1 Å². The minimum atomic E-state index is -2.70. The Morgan fingerprint density at radius 3 is 2.64 bits per heavy atom. The summed E-state index contributed by atoms with van der Waals surface area (Å²) in [6.45, 7) is 0.0389. The zero-order valence-electron chi connectivity index (χ0n) is 7.63. The number of nitrogens with zero attached hydrogens (tertiary/aromatic N) is 1. The zero-order chi connectivity index (χ0) is 10.7. The minimum Gasteiger partial charge on any atom is -0.495 e. The van der Waals surface area contributed by atoms with Crippen LogP contribution in [0, 0.1) is 0 Å². The number of hydrogen-bond acceptors (Lipinski definition) is 4. The highest BCUT2D eigenvalue weighted by Gasteiger charge is 2.18. The Bertz CT molecular complexity index is 331. The summed E-state index contributed by atoms with van der Waals surface area (Å²) in [6.07, 6.45) is -1.51. The van der Waals surface area contributed by atoms with Crippen molar-refractivity contribution in [2.24, 2.45) is 5.73 Å². The summed E-state index contributed by atoms with van der Waals surface area (Å²) in [7, 11) is 1.40. The predicted octanol–water partition coefficient (Wildman–Crippen LogP) is 1.07. The number of anilines is 1. The molecule has 1 aromatic rings. The molecule has 0 aliphatic rings. The van der Waals surface area contributed by atoms with Gasteiger partial charge in [-0.15, -0.1) is 0 Å². The molecule has 0 atom stereocenters. The number of halogens is 2. The average molecular weight is 203 g/mol. The standard InChI is InChI=1S/C8H11F2N3O/c1-14-5-3-13-7(8(9)10)6(12)4(5)2-11/h3,8H,2,11-12H2,1H3. The topological polar surface area (TPSA) is 74.2 Å². The van der Waals surface area contributed by atoms with Gasteiger partial charge in [0.25, 0.3) is 6.43 Å². The first-order chi connectivity index (χ1) is 6.61. The fourth-order valence-corrected chi connectivity index (χ4v) is 1.12. The molecule has 4 nitrogen and oxygen atoms in total. The fraction of sp³-hybridized carbons (Fsp3) is 0.375. The number of alkyl halides is 2. The zero-order valence-corrected chi connectivity index (χ0v) is 7.63. The highest BCUT2D eigenvalue weighted by atomic mass is 19.3. The van der Waals surface area contributed by atoms with Crippen molar-refractivity contribution in [1.82, 2.24) is 4.98 Å². The molecule has 0 radical (unpaired) electrons. The number of nitrogen functional groups attached to an aromatic ring is 1. The van der Waals surface area contributed by atoms with E-state index in [4.69, 9.17) is 16.2 Å². The van der Waals surface area contributed by atoms with Gasteiger partial charge in [-0.1, -0.05) is 0 Å². The van der Waals surface area contributed by atoms with Gasteiger partial charge in [0.2, 0.25) is 0 Å². The first-order valence-corrected chi connectivity index (χ1v) is 3.91. The Morgan fingerprint density at radius 2 is 2.21 bits per heavy atom. The minimum absolute atomic E-state index is 0.0389. The maximum absolute atomic E-state index is 12.4. The van der Waals surface area contributed by atoms with Gasteiger partial charge in [0.15, 0.2) is 0 Å². The van der Waals surface area contributed by atoms with Gasteiger partial charge < -0.3 is 16.2 Å². The maximum Gasteiger partial charge on any atom is 0.282 e. The molecule has 14 heavy (non-hydrogen) atoms. The summed E-state index contributed by atoms with van der Waals surface area (Å²) in [5.41, 5.74) is 10.6. The molecule has 6 heteroatoms. The fourth-order valence-electron chi connectivity index (χ4n) is 1.12. The highest BCUT2D eigenvalue weighted by molar-refractivity contribution is 5.56. The van der Waals surface area contributed by atoms with Crippen molar-refractivity contribution in [1.29, 1.82) is 0 Å². The SMILES string of the molecule is COc1cnc(C(F)F)c(N)c1CN. The molecule has 0 amide bonds. The number of nitrogens with two attached hydrogens (primary N) is 2. The predicted molar refractivity (Wildman–Crippen MR) is 48.0 cm³/mol. The van der Waals surface area contributed by atoms with Crippen molar-refractivity contribution in [3.63, 3.8) is 0 Å². The van der Waals surface area contributed by atoms with Gasteiger partial charge in [-0.25, -0.2) is 13.8 Å². The number of aromatic nitrogens is 1. The van der Waals surface area contributed by atoms with Crippen LogP contribution in [-0.4, -0.2) is 12.1 Å². The van der Waals surface area contributed by atoms with Crippen LogP contribution in [0.15, 0.2) is 6.20 Å². The van der Waals surface area contributed by atoms with E-state index in [1.807, 2.05) is 0 Å². The third-order valence-corrected chi connectivity index (χ3v) is 1.85. The van der Waals surface area contributed by atoms with Gasteiger partial charge in [0.05, 0.1) is 19.0 Å². The molecule has 4 N–H and O–H groups in total. The van der Waals surface area contributed by atoms with Crippen LogP contribution in [0.3, 0.4) is 0 Å². The smallest absolute Gasteiger partial charge is 0.282 e. The number of pyridine rings is 1. The van der Waals surface area contributed by atoms with Gasteiger partial charge in [-0.2, -0.15) is 0 Å². The second kappa shape index (κ2) is 4.19. The van der Waals surface area contributed by atoms with Crippen molar-refractivity contribution in [2.75, 3.05) is 12.8 Å². The van der Waals surface area contributed by atoms with E-state index in [0.29, 0.717) is 11.3 Å². The second-order valence-electron chi connectivity index (χ2n) is 2.61. The van der Waals surface area contributed by atoms with E-state index in [9.17, 15) is 8.78 Å². The van der Waals surface area contributed by atoms with E-state index in [1.54, 1.807) is 0 Å². The molecule has 0 fully saturated rings. The lowest BCUT2D eigenvalue weighted by molar-refractivity contribution is 0.147. The Morgan fingerprint density at radius 1 is 1.57 bits per heavy atom. The lowest BCUT2D eigenvalue weighted by Crippen LogP contribution is -2.09. The molecular formula is C8H11F2N3O. The van der Waals surface area contributed by atoms with Gasteiger partial charge in [0, 0.05) is 12.1 Å². The monoisotopic (exact) mass is 203 g/mol. The lowest BCUT2D eigenvalue weighted by Gasteiger charge is -2.11. The molecular weight excluding hydrogens is 192 g/mol. The van der Waals surface area contributed by atoms with E-state index in [0.717, 1.165) is 0 Å². The Kier molecular flexibility index (Phi) is 3.19. The molecule has 1 aromatic heterocycles. The van der Waals surface area contributed by atoms with Crippen molar-refractivity contribution >= 4 is 5.69 Å². The van der Waals surface area contributed by atoms with E-state index in [-0.39, 0.29) is 12.2 Å². The van der Waals surface area contributed by atoms with Crippen LogP contribution < -0.4 is 16.2 Å². The quantitative estimate of drug-likeness (QED) is 0.770. The number of ether oxygens (including phenoxy) is 1. The lowest BCUT2D eigenvalue weighted by atomic mass is 10.1. The van der Waals surface area contributed by atoms with Gasteiger partial charge >= 0.3 is 0 Å². The Labute approximate surface area is 79.9 Å².